The molecule has 0 heterocycles. The molecule has 2 saturated carbocycles. The molecule has 0 aliphatic heterocycles. The molecule has 2 fully saturated rings. The van der Waals surface area contributed by atoms with Crippen molar-refractivity contribution in [3.63, 3.8) is 0 Å². The highest BCUT2D eigenvalue weighted by Gasteiger charge is 2.41. The Balaban J connectivity index is 1.53. The predicted molar refractivity (Wildman–Crippen MR) is 116 cm³/mol. The smallest absolute Gasteiger partial charge is 0.309 e. The van der Waals surface area contributed by atoms with Gasteiger partial charge in [0.05, 0.1) is 12.0 Å². The Bertz CT molecular complexity index is 752. The molecule has 30 heavy (non-hydrogen) atoms. The van der Waals surface area contributed by atoms with Crippen LogP contribution in [0, 0.1) is 23.7 Å². The molecule has 3 rings (SSSR count). The second-order valence-corrected chi connectivity index (χ2v) is 9.61. The first kappa shape index (κ1) is 22.5. The van der Waals surface area contributed by atoms with Gasteiger partial charge in [0.2, 0.25) is 0 Å². The molecule has 1 aromatic carbocycles. The Morgan fingerprint density at radius 2 is 1.57 bits per heavy atom. The Kier molecular flexibility index (Phi) is 7.32. The van der Waals surface area contributed by atoms with Crippen LogP contribution in [0.2, 0.25) is 0 Å². The van der Waals surface area contributed by atoms with E-state index in [-0.39, 0.29) is 48.2 Å². The third-order valence-electron chi connectivity index (χ3n) is 6.67. The molecule has 1 unspecified atom stereocenters. The lowest BCUT2D eigenvalue weighted by atomic mass is 9.67. The van der Waals surface area contributed by atoms with Crippen LogP contribution in [0.15, 0.2) is 24.3 Å². The fourth-order valence-electron chi connectivity index (χ4n) is 4.86. The van der Waals surface area contributed by atoms with Crippen molar-refractivity contribution < 1.29 is 19.1 Å². The number of hydrogen-bond donors (Lipinski definition) is 1. The van der Waals surface area contributed by atoms with E-state index in [1.165, 1.54) is 5.56 Å². The maximum atomic E-state index is 12.5. The lowest BCUT2D eigenvalue weighted by Gasteiger charge is -2.36. The van der Waals surface area contributed by atoms with Gasteiger partial charge in [-0.15, -0.1) is 0 Å². The summed E-state index contributed by atoms with van der Waals surface area (Å²) in [6, 6.07) is 8.18. The SMILES string of the molecule is CC(C)c1ccc([C@@H](NC(=O)COC(=O)C2C[C@H]3CCC[C@@H](C2)C3=O)C(C)C)cc1. The number of ketones is 1. The Morgan fingerprint density at radius 1 is 1.00 bits per heavy atom. The largest absolute Gasteiger partial charge is 0.455 e. The summed E-state index contributed by atoms with van der Waals surface area (Å²) in [5.74, 6) is 0.116. The van der Waals surface area contributed by atoms with Crippen molar-refractivity contribution >= 4 is 17.7 Å². The average Bonchev–Trinajstić information content (AvgIpc) is 2.70. The number of benzene rings is 1. The van der Waals surface area contributed by atoms with Gasteiger partial charge in [-0.2, -0.15) is 0 Å². The lowest BCUT2D eigenvalue weighted by molar-refractivity contribution is -0.156. The molecule has 0 radical (unpaired) electrons. The van der Waals surface area contributed by atoms with Gasteiger partial charge >= 0.3 is 5.97 Å². The molecule has 5 nitrogen and oxygen atoms in total. The number of carbonyl (C=O) groups is 3. The van der Waals surface area contributed by atoms with E-state index in [0.717, 1.165) is 24.8 Å². The number of hydrogen-bond acceptors (Lipinski definition) is 4. The predicted octanol–water partition coefficient (Wildman–Crippen LogP) is 4.56. The minimum atomic E-state index is -0.336. The highest BCUT2D eigenvalue weighted by molar-refractivity contribution is 5.88. The van der Waals surface area contributed by atoms with E-state index in [0.29, 0.717) is 24.5 Å². The zero-order chi connectivity index (χ0) is 21.8. The molecule has 164 valence electrons. The fourth-order valence-corrected chi connectivity index (χ4v) is 4.86. The summed E-state index contributed by atoms with van der Waals surface area (Å²) in [5, 5.41) is 3.02. The van der Waals surface area contributed by atoms with Crippen molar-refractivity contribution in [2.75, 3.05) is 6.61 Å². The Labute approximate surface area is 180 Å². The molecule has 5 heteroatoms. The quantitative estimate of drug-likeness (QED) is 0.665. The number of amides is 1. The maximum absolute atomic E-state index is 12.5. The molecular weight excluding hydrogens is 378 g/mol. The van der Waals surface area contributed by atoms with E-state index < -0.39 is 0 Å². The zero-order valence-corrected chi connectivity index (χ0v) is 18.6. The zero-order valence-electron chi connectivity index (χ0n) is 18.6. The number of carbonyl (C=O) groups excluding carboxylic acids is 3. The molecule has 0 aromatic heterocycles. The van der Waals surface area contributed by atoms with Gasteiger partial charge in [0.15, 0.2) is 6.61 Å². The molecule has 4 atom stereocenters. The summed E-state index contributed by atoms with van der Waals surface area (Å²) in [6.45, 7) is 8.16. The van der Waals surface area contributed by atoms with Crippen molar-refractivity contribution in [3.8, 4) is 0 Å². The van der Waals surface area contributed by atoms with E-state index in [1.807, 2.05) is 0 Å². The van der Waals surface area contributed by atoms with Gasteiger partial charge in [-0.3, -0.25) is 14.4 Å². The summed E-state index contributed by atoms with van der Waals surface area (Å²) in [5.41, 5.74) is 2.31. The highest BCUT2D eigenvalue weighted by atomic mass is 16.5. The number of nitrogens with one attached hydrogen (secondary N) is 1. The molecule has 1 amide bonds. The van der Waals surface area contributed by atoms with Crippen LogP contribution in [-0.2, 0) is 19.1 Å². The van der Waals surface area contributed by atoms with Gasteiger partial charge in [0.1, 0.15) is 5.78 Å². The van der Waals surface area contributed by atoms with Crippen LogP contribution in [0.1, 0.15) is 82.9 Å². The lowest BCUT2D eigenvalue weighted by Crippen LogP contribution is -2.40. The normalized spacial score (nSPS) is 24.6. The molecule has 2 bridgehead atoms. The number of ether oxygens (including phenoxy) is 1. The summed E-state index contributed by atoms with van der Waals surface area (Å²) in [7, 11) is 0. The second-order valence-electron chi connectivity index (χ2n) is 9.61. The van der Waals surface area contributed by atoms with Gasteiger partial charge in [0, 0.05) is 11.8 Å². The second kappa shape index (κ2) is 9.76. The minimum Gasteiger partial charge on any atom is -0.455 e. The number of fused-ring (bicyclic) bond motifs is 2. The van der Waals surface area contributed by atoms with Crippen molar-refractivity contribution in [1.82, 2.24) is 5.32 Å². The van der Waals surface area contributed by atoms with Gasteiger partial charge in [0.25, 0.3) is 5.91 Å². The Morgan fingerprint density at radius 3 is 2.10 bits per heavy atom. The first-order valence-electron chi connectivity index (χ1n) is 11.4. The van der Waals surface area contributed by atoms with Crippen LogP contribution in [0.5, 0.6) is 0 Å². The van der Waals surface area contributed by atoms with Crippen molar-refractivity contribution in [1.29, 1.82) is 0 Å². The Hall–Kier alpha value is -2.17. The van der Waals surface area contributed by atoms with Crippen LogP contribution in [-0.4, -0.2) is 24.3 Å². The molecule has 2 aliphatic rings. The third kappa shape index (κ3) is 5.30. The molecule has 1 N–H and O–H groups in total. The summed E-state index contributed by atoms with van der Waals surface area (Å²) in [4.78, 5) is 37.2. The topological polar surface area (TPSA) is 72.5 Å². The molecule has 1 aromatic rings. The molecule has 2 aliphatic carbocycles. The third-order valence-corrected chi connectivity index (χ3v) is 6.67. The first-order valence-corrected chi connectivity index (χ1v) is 11.4. The monoisotopic (exact) mass is 413 g/mol. The minimum absolute atomic E-state index is 0.00279. The molecular formula is C25H35NO4. The van der Waals surface area contributed by atoms with E-state index in [2.05, 4.69) is 57.3 Å². The van der Waals surface area contributed by atoms with Crippen LogP contribution < -0.4 is 5.32 Å². The standard InChI is InChI=1S/C25H35NO4/c1-15(2)17-8-10-18(11-9-17)23(16(3)4)26-22(27)14-30-25(29)21-12-19-6-5-7-20(13-21)24(19)28/h8-11,15-16,19-21,23H,5-7,12-14H2,1-4H3,(H,26,27)/t19-,20+,21?,23-/m0/s1. The van der Waals surface area contributed by atoms with Gasteiger partial charge in [-0.05, 0) is 48.6 Å². The first-order chi connectivity index (χ1) is 14.3. The van der Waals surface area contributed by atoms with Crippen LogP contribution in [0.25, 0.3) is 0 Å². The number of rotatable bonds is 7. The van der Waals surface area contributed by atoms with Crippen molar-refractivity contribution in [2.24, 2.45) is 23.7 Å². The number of esters is 1. The van der Waals surface area contributed by atoms with E-state index in [1.54, 1.807) is 0 Å². The van der Waals surface area contributed by atoms with Crippen LogP contribution >= 0.6 is 0 Å². The summed E-state index contributed by atoms with van der Waals surface area (Å²) in [6.07, 6.45) is 3.98. The molecule has 0 saturated heterocycles. The summed E-state index contributed by atoms with van der Waals surface area (Å²) >= 11 is 0. The van der Waals surface area contributed by atoms with E-state index >= 15 is 0 Å². The van der Waals surface area contributed by atoms with Crippen LogP contribution in [0.4, 0.5) is 0 Å². The van der Waals surface area contributed by atoms with Gasteiger partial charge in [-0.1, -0.05) is 58.4 Å². The maximum Gasteiger partial charge on any atom is 0.309 e. The van der Waals surface area contributed by atoms with Crippen molar-refractivity contribution in [2.45, 2.75) is 71.8 Å². The fraction of sp³-hybridized carbons (Fsp3) is 0.640. The van der Waals surface area contributed by atoms with E-state index in [9.17, 15) is 14.4 Å². The van der Waals surface area contributed by atoms with Crippen molar-refractivity contribution in [3.05, 3.63) is 35.4 Å². The van der Waals surface area contributed by atoms with Gasteiger partial charge < -0.3 is 10.1 Å². The average molecular weight is 414 g/mol. The highest BCUT2D eigenvalue weighted by Crippen LogP contribution is 2.40. The van der Waals surface area contributed by atoms with E-state index in [4.69, 9.17) is 4.74 Å². The van der Waals surface area contributed by atoms with Gasteiger partial charge in [-0.25, -0.2) is 0 Å². The summed E-state index contributed by atoms with van der Waals surface area (Å²) < 4.78 is 5.35. The number of Topliss-reactive ketones (excluding diaryl/α,β-unsaturated/α-hetero) is 1. The molecule has 0 spiro atoms. The van der Waals surface area contributed by atoms with Crippen LogP contribution in [0.3, 0.4) is 0 Å².